The number of hydrogen-bond acceptors (Lipinski definition) is 0. The van der Waals surface area contributed by atoms with Crippen LogP contribution in [0.2, 0.25) is 0 Å². The van der Waals surface area contributed by atoms with E-state index in [0.717, 1.165) is 6.42 Å². The molecule has 0 atom stereocenters. The van der Waals surface area contributed by atoms with Gasteiger partial charge in [0.05, 0.1) is 0 Å². The van der Waals surface area contributed by atoms with Crippen LogP contribution >= 0.6 is 0 Å². The van der Waals surface area contributed by atoms with E-state index in [2.05, 4.69) is 68.1 Å². The Morgan fingerprint density at radius 3 is 2.56 bits per heavy atom. The summed E-state index contributed by atoms with van der Waals surface area (Å²) in [5, 5.41) is 5.37. The van der Waals surface area contributed by atoms with Gasteiger partial charge in [0, 0.05) is 17.9 Å². The molecule has 0 aliphatic rings. The predicted octanol–water partition coefficient (Wildman–Crippen LogP) is 3.69. The van der Waals surface area contributed by atoms with Gasteiger partial charge in [-0.2, -0.15) is 0 Å². The van der Waals surface area contributed by atoms with Crippen molar-refractivity contribution in [2.24, 2.45) is 7.05 Å². The molecular weight excluding hydrogens is 218 g/mol. The summed E-state index contributed by atoms with van der Waals surface area (Å²) in [6.45, 7) is 4.36. The maximum absolute atomic E-state index is 2.32. The summed E-state index contributed by atoms with van der Waals surface area (Å²) in [4.78, 5) is 0. The molecule has 0 aliphatic carbocycles. The topological polar surface area (TPSA) is 3.88 Å². The van der Waals surface area contributed by atoms with Crippen LogP contribution in [0.25, 0.3) is 21.5 Å². The zero-order valence-corrected chi connectivity index (χ0v) is 11.2. The molecule has 90 valence electrons. The number of aryl methyl sites for hydroxylation is 3. The van der Waals surface area contributed by atoms with Crippen LogP contribution in [0.3, 0.4) is 0 Å². The van der Waals surface area contributed by atoms with E-state index in [1.54, 1.807) is 0 Å². The number of benzene rings is 2. The highest BCUT2D eigenvalue weighted by atomic mass is 14.9. The van der Waals surface area contributed by atoms with E-state index in [9.17, 15) is 0 Å². The molecule has 1 heteroatoms. The molecule has 3 aromatic rings. The Morgan fingerprint density at radius 1 is 0.944 bits per heavy atom. The Kier molecular flexibility index (Phi) is 2.55. The van der Waals surface area contributed by atoms with Crippen molar-refractivity contribution in [1.29, 1.82) is 0 Å². The van der Waals surface area contributed by atoms with Crippen molar-refractivity contribution >= 4 is 21.5 Å². The van der Waals surface area contributed by atoms with Crippen molar-refractivity contribution in [2.75, 3.05) is 0 Å². The van der Waals surface area contributed by atoms with Gasteiger partial charge in [0.2, 0.25) is 0 Å². The van der Waals surface area contributed by atoms with Gasteiger partial charge in [-0.05, 0) is 35.2 Å². The quantitative estimate of drug-likeness (QED) is 0.448. The fourth-order valence-electron chi connectivity index (χ4n) is 2.73. The summed E-state index contributed by atoms with van der Waals surface area (Å²) in [7, 11) is 2.12. The fraction of sp³-hybridized carbons (Fsp3) is 0.235. The van der Waals surface area contributed by atoms with Crippen LogP contribution in [0.4, 0.5) is 0 Å². The van der Waals surface area contributed by atoms with E-state index < -0.39 is 0 Å². The third kappa shape index (κ3) is 1.67. The first kappa shape index (κ1) is 11.2. The van der Waals surface area contributed by atoms with Crippen LogP contribution in [-0.2, 0) is 13.5 Å². The lowest BCUT2D eigenvalue weighted by Crippen LogP contribution is -2.32. The third-order valence-electron chi connectivity index (χ3n) is 3.71. The minimum atomic E-state index is 1.06. The predicted molar refractivity (Wildman–Crippen MR) is 76.7 cm³/mol. The van der Waals surface area contributed by atoms with Crippen LogP contribution in [0, 0.1) is 6.92 Å². The highest BCUT2D eigenvalue weighted by Crippen LogP contribution is 2.24. The van der Waals surface area contributed by atoms with Gasteiger partial charge in [-0.3, -0.25) is 0 Å². The summed E-state index contributed by atoms with van der Waals surface area (Å²) in [6.07, 6.45) is 3.22. The number of fused-ring (bicyclic) bond motifs is 2. The molecule has 0 saturated carbocycles. The summed E-state index contributed by atoms with van der Waals surface area (Å²) in [6, 6.07) is 13.5. The van der Waals surface area contributed by atoms with Crippen LogP contribution in [0.5, 0.6) is 0 Å². The molecule has 0 bridgehead atoms. The molecule has 1 heterocycles. The van der Waals surface area contributed by atoms with Gasteiger partial charge in [0.25, 0.3) is 0 Å². The molecule has 0 spiro atoms. The Bertz CT molecular complexity index is 741. The Labute approximate surface area is 108 Å². The van der Waals surface area contributed by atoms with Crippen molar-refractivity contribution in [3.63, 3.8) is 0 Å². The van der Waals surface area contributed by atoms with Gasteiger partial charge in [-0.25, -0.2) is 4.57 Å². The van der Waals surface area contributed by atoms with E-state index in [1.165, 1.54) is 32.8 Å². The second-order valence-electron chi connectivity index (χ2n) is 5.02. The molecular formula is C17H18N+. The van der Waals surface area contributed by atoms with Crippen molar-refractivity contribution in [1.82, 2.24) is 0 Å². The smallest absolute Gasteiger partial charge is 0.188 e. The SMILES string of the molecule is CCc1c2cc3ccc(C)cc3cc2cc[n+]1C. The molecule has 1 nitrogen and oxygen atoms in total. The largest absolute Gasteiger partial charge is 0.205 e. The summed E-state index contributed by atoms with van der Waals surface area (Å²) < 4.78 is 2.22. The Morgan fingerprint density at radius 2 is 1.78 bits per heavy atom. The van der Waals surface area contributed by atoms with Gasteiger partial charge in [0.15, 0.2) is 11.9 Å². The fourth-order valence-corrected chi connectivity index (χ4v) is 2.73. The molecule has 0 aliphatic heterocycles. The average molecular weight is 236 g/mol. The number of aromatic nitrogens is 1. The minimum absolute atomic E-state index is 1.06. The first-order valence-corrected chi connectivity index (χ1v) is 6.50. The normalized spacial score (nSPS) is 11.3. The first-order chi connectivity index (χ1) is 8.69. The standard InChI is InChI=1S/C17H18N/c1-4-17-16-11-13-6-5-12(2)9-15(13)10-14(16)7-8-18(17)3/h5-11H,4H2,1-3H3/q+1. The molecule has 0 N–H and O–H groups in total. The van der Waals surface area contributed by atoms with Crippen molar-refractivity contribution < 1.29 is 4.57 Å². The van der Waals surface area contributed by atoms with E-state index in [4.69, 9.17) is 0 Å². The molecule has 2 aromatic carbocycles. The highest BCUT2D eigenvalue weighted by Gasteiger charge is 2.10. The van der Waals surface area contributed by atoms with Gasteiger partial charge >= 0.3 is 0 Å². The molecule has 18 heavy (non-hydrogen) atoms. The maximum Gasteiger partial charge on any atom is 0.188 e. The molecule has 1 aromatic heterocycles. The van der Waals surface area contributed by atoms with Crippen LogP contribution < -0.4 is 4.57 Å². The Balaban J connectivity index is 2.44. The van der Waals surface area contributed by atoms with Crippen LogP contribution in [-0.4, -0.2) is 0 Å². The van der Waals surface area contributed by atoms with Crippen molar-refractivity contribution in [3.05, 3.63) is 53.9 Å². The summed E-state index contributed by atoms with van der Waals surface area (Å²) in [5.41, 5.74) is 2.72. The zero-order valence-electron chi connectivity index (χ0n) is 11.2. The van der Waals surface area contributed by atoms with Crippen molar-refractivity contribution in [3.8, 4) is 0 Å². The van der Waals surface area contributed by atoms with E-state index >= 15 is 0 Å². The highest BCUT2D eigenvalue weighted by molar-refractivity contribution is 5.98. The summed E-state index contributed by atoms with van der Waals surface area (Å²) >= 11 is 0. The van der Waals surface area contributed by atoms with Crippen LogP contribution in [0.1, 0.15) is 18.2 Å². The van der Waals surface area contributed by atoms with E-state index in [0.29, 0.717) is 0 Å². The van der Waals surface area contributed by atoms with Gasteiger partial charge in [0.1, 0.15) is 7.05 Å². The molecule has 0 unspecified atom stereocenters. The summed E-state index contributed by atoms with van der Waals surface area (Å²) in [5.74, 6) is 0. The lowest BCUT2D eigenvalue weighted by molar-refractivity contribution is -0.677. The number of pyridine rings is 1. The lowest BCUT2D eigenvalue weighted by atomic mass is 10.0. The number of nitrogens with zero attached hydrogens (tertiary/aromatic N) is 1. The molecule has 0 fully saturated rings. The molecule has 0 amide bonds. The van der Waals surface area contributed by atoms with Gasteiger partial charge in [-0.15, -0.1) is 0 Å². The van der Waals surface area contributed by atoms with Crippen LogP contribution in [0.15, 0.2) is 42.6 Å². The first-order valence-electron chi connectivity index (χ1n) is 6.50. The molecule has 0 saturated heterocycles. The molecule has 3 rings (SSSR count). The number of rotatable bonds is 1. The third-order valence-corrected chi connectivity index (χ3v) is 3.71. The number of hydrogen-bond donors (Lipinski definition) is 0. The zero-order chi connectivity index (χ0) is 12.7. The Hall–Kier alpha value is -1.89. The average Bonchev–Trinajstić information content (AvgIpc) is 2.36. The van der Waals surface area contributed by atoms with Crippen molar-refractivity contribution in [2.45, 2.75) is 20.3 Å². The second-order valence-corrected chi connectivity index (χ2v) is 5.02. The maximum atomic E-state index is 2.32. The minimum Gasteiger partial charge on any atom is -0.205 e. The van der Waals surface area contributed by atoms with E-state index in [1.807, 2.05) is 0 Å². The molecule has 0 radical (unpaired) electrons. The van der Waals surface area contributed by atoms with Gasteiger partial charge < -0.3 is 0 Å². The lowest BCUT2D eigenvalue weighted by Gasteiger charge is -2.06. The second kappa shape index (κ2) is 4.09. The van der Waals surface area contributed by atoms with Gasteiger partial charge in [-0.1, -0.05) is 30.7 Å². The van der Waals surface area contributed by atoms with E-state index in [-0.39, 0.29) is 0 Å². The monoisotopic (exact) mass is 236 g/mol.